The summed E-state index contributed by atoms with van der Waals surface area (Å²) in [4.78, 5) is 24.5. The van der Waals surface area contributed by atoms with Crippen molar-refractivity contribution in [2.24, 2.45) is 5.10 Å². The average Bonchev–Trinajstić information content (AvgIpc) is 2.80. The molecule has 0 heterocycles. The fourth-order valence-electron chi connectivity index (χ4n) is 3.12. The molecule has 0 aromatic heterocycles. The molecule has 0 aliphatic heterocycles. The number of hydrogen-bond acceptors (Lipinski definition) is 6. The third kappa shape index (κ3) is 6.93. The summed E-state index contributed by atoms with van der Waals surface area (Å²) in [5.41, 5.74) is 6.69. The summed E-state index contributed by atoms with van der Waals surface area (Å²) in [5, 5.41) is 3.97. The van der Waals surface area contributed by atoms with E-state index in [4.69, 9.17) is 14.2 Å². The molecule has 0 aliphatic rings. The summed E-state index contributed by atoms with van der Waals surface area (Å²) in [6, 6.07) is 17.9. The third-order valence-electron chi connectivity index (χ3n) is 4.85. The number of aryl methyl sites for hydroxylation is 3. The Bertz CT molecular complexity index is 1190. The van der Waals surface area contributed by atoms with Crippen LogP contribution in [-0.2, 0) is 4.79 Å². The molecule has 3 aromatic rings. The Labute approximate surface area is 199 Å². The van der Waals surface area contributed by atoms with Gasteiger partial charge in [-0.3, -0.25) is 4.79 Å². The van der Waals surface area contributed by atoms with Crippen molar-refractivity contribution in [2.45, 2.75) is 27.7 Å². The van der Waals surface area contributed by atoms with Crippen LogP contribution in [0.5, 0.6) is 17.2 Å². The van der Waals surface area contributed by atoms with Crippen molar-refractivity contribution in [3.05, 3.63) is 88.5 Å². The van der Waals surface area contributed by atoms with Gasteiger partial charge >= 0.3 is 5.97 Å². The third-order valence-corrected chi connectivity index (χ3v) is 4.85. The molecule has 34 heavy (non-hydrogen) atoms. The molecule has 1 amide bonds. The first kappa shape index (κ1) is 24.5. The van der Waals surface area contributed by atoms with E-state index in [0.29, 0.717) is 35.0 Å². The summed E-state index contributed by atoms with van der Waals surface area (Å²) in [6.45, 7) is 7.94. The SMILES string of the molecule is CCOc1cc(/C=N/NC(=O)COc2ccc(C)cc2C)ccc1OC(=O)c1ccc(C)cc1. The van der Waals surface area contributed by atoms with E-state index in [9.17, 15) is 9.59 Å². The van der Waals surface area contributed by atoms with Crippen molar-refractivity contribution < 1.29 is 23.8 Å². The molecule has 0 radical (unpaired) electrons. The van der Waals surface area contributed by atoms with Crippen LogP contribution in [0.15, 0.2) is 65.8 Å². The van der Waals surface area contributed by atoms with E-state index >= 15 is 0 Å². The zero-order chi connectivity index (χ0) is 24.5. The number of hydrogen-bond donors (Lipinski definition) is 1. The Kier molecular flexibility index (Phi) is 8.40. The van der Waals surface area contributed by atoms with Crippen LogP contribution in [0.25, 0.3) is 0 Å². The first-order valence-electron chi connectivity index (χ1n) is 10.9. The molecule has 3 aromatic carbocycles. The fourth-order valence-corrected chi connectivity index (χ4v) is 3.12. The summed E-state index contributed by atoms with van der Waals surface area (Å²) in [5.74, 6) is 0.497. The van der Waals surface area contributed by atoms with Crippen LogP contribution < -0.4 is 19.6 Å². The van der Waals surface area contributed by atoms with Gasteiger partial charge in [-0.2, -0.15) is 5.10 Å². The minimum atomic E-state index is -0.474. The predicted molar refractivity (Wildman–Crippen MR) is 131 cm³/mol. The van der Waals surface area contributed by atoms with Gasteiger partial charge in [0, 0.05) is 0 Å². The maximum absolute atomic E-state index is 12.5. The smallest absolute Gasteiger partial charge is 0.343 e. The maximum atomic E-state index is 12.5. The van der Waals surface area contributed by atoms with Gasteiger partial charge in [-0.15, -0.1) is 0 Å². The van der Waals surface area contributed by atoms with Gasteiger partial charge < -0.3 is 14.2 Å². The molecule has 0 saturated carbocycles. The van der Waals surface area contributed by atoms with Crippen molar-refractivity contribution >= 4 is 18.1 Å². The van der Waals surface area contributed by atoms with Crippen molar-refractivity contribution in [1.82, 2.24) is 5.43 Å². The number of rotatable bonds is 9. The standard InChI is InChI=1S/C27H28N2O5/c1-5-32-25-15-21(9-13-24(25)34-27(31)22-10-6-18(2)7-11-22)16-28-29-26(30)17-33-23-12-8-19(3)14-20(23)4/h6-16H,5,17H2,1-4H3,(H,29,30)/b28-16+. The Morgan fingerprint density at radius 2 is 1.56 bits per heavy atom. The van der Waals surface area contributed by atoms with Crippen molar-refractivity contribution in [3.63, 3.8) is 0 Å². The van der Waals surface area contributed by atoms with E-state index < -0.39 is 5.97 Å². The molecule has 0 aliphatic carbocycles. The number of ether oxygens (including phenoxy) is 3. The Morgan fingerprint density at radius 1 is 0.853 bits per heavy atom. The number of benzene rings is 3. The average molecular weight is 461 g/mol. The van der Waals surface area contributed by atoms with E-state index in [1.165, 1.54) is 6.21 Å². The lowest BCUT2D eigenvalue weighted by Gasteiger charge is -2.11. The van der Waals surface area contributed by atoms with E-state index in [-0.39, 0.29) is 12.5 Å². The topological polar surface area (TPSA) is 86.2 Å². The number of nitrogens with one attached hydrogen (secondary N) is 1. The summed E-state index contributed by atoms with van der Waals surface area (Å²) < 4.78 is 16.7. The first-order chi connectivity index (χ1) is 16.4. The van der Waals surface area contributed by atoms with Crippen LogP contribution in [-0.4, -0.2) is 31.3 Å². The van der Waals surface area contributed by atoms with E-state index in [0.717, 1.165) is 16.7 Å². The molecule has 1 N–H and O–H groups in total. The van der Waals surface area contributed by atoms with E-state index in [1.54, 1.807) is 30.3 Å². The summed E-state index contributed by atoms with van der Waals surface area (Å²) in [6.07, 6.45) is 1.48. The second-order valence-electron chi connectivity index (χ2n) is 7.75. The monoisotopic (exact) mass is 460 g/mol. The number of carbonyl (C=O) groups is 2. The van der Waals surface area contributed by atoms with Crippen molar-refractivity contribution in [1.29, 1.82) is 0 Å². The van der Waals surface area contributed by atoms with Crippen molar-refractivity contribution in [2.75, 3.05) is 13.2 Å². The largest absolute Gasteiger partial charge is 0.490 e. The molecule has 0 saturated heterocycles. The van der Waals surface area contributed by atoms with Crippen LogP contribution in [0, 0.1) is 20.8 Å². The van der Waals surface area contributed by atoms with Gasteiger partial charge in [0.05, 0.1) is 18.4 Å². The molecular formula is C27H28N2O5. The number of hydrazone groups is 1. The normalized spacial score (nSPS) is 10.7. The maximum Gasteiger partial charge on any atom is 0.343 e. The van der Waals surface area contributed by atoms with Crippen molar-refractivity contribution in [3.8, 4) is 17.2 Å². The lowest BCUT2D eigenvalue weighted by atomic mass is 10.1. The van der Waals surface area contributed by atoms with Crippen LogP contribution in [0.1, 0.15) is 39.5 Å². The Hall–Kier alpha value is -4.13. The lowest BCUT2D eigenvalue weighted by Crippen LogP contribution is -2.24. The molecule has 7 nitrogen and oxygen atoms in total. The highest BCUT2D eigenvalue weighted by Crippen LogP contribution is 2.29. The number of amides is 1. The highest BCUT2D eigenvalue weighted by atomic mass is 16.6. The van der Waals surface area contributed by atoms with Crippen LogP contribution in [0.2, 0.25) is 0 Å². The van der Waals surface area contributed by atoms with Gasteiger partial charge in [0.25, 0.3) is 5.91 Å². The molecular weight excluding hydrogens is 432 g/mol. The number of nitrogens with zero attached hydrogens (tertiary/aromatic N) is 1. The van der Waals surface area contributed by atoms with Crippen LogP contribution in [0.3, 0.4) is 0 Å². The first-order valence-corrected chi connectivity index (χ1v) is 10.9. The van der Waals surface area contributed by atoms with Crippen LogP contribution in [0.4, 0.5) is 0 Å². The van der Waals surface area contributed by atoms with Crippen LogP contribution >= 0.6 is 0 Å². The predicted octanol–water partition coefficient (Wildman–Crippen LogP) is 4.76. The number of carbonyl (C=O) groups excluding carboxylic acids is 2. The minimum Gasteiger partial charge on any atom is -0.490 e. The lowest BCUT2D eigenvalue weighted by molar-refractivity contribution is -0.123. The molecule has 0 atom stereocenters. The van der Waals surface area contributed by atoms with Gasteiger partial charge in [0.15, 0.2) is 18.1 Å². The fraction of sp³-hybridized carbons (Fsp3) is 0.222. The quantitative estimate of drug-likeness (QED) is 0.215. The summed E-state index contributed by atoms with van der Waals surface area (Å²) in [7, 11) is 0. The van der Waals surface area contributed by atoms with E-state index in [2.05, 4.69) is 10.5 Å². The highest BCUT2D eigenvalue weighted by Gasteiger charge is 2.13. The van der Waals surface area contributed by atoms with Gasteiger partial charge in [-0.25, -0.2) is 10.2 Å². The molecule has 0 unspecified atom stereocenters. The van der Waals surface area contributed by atoms with Gasteiger partial charge in [-0.1, -0.05) is 35.4 Å². The molecule has 3 rings (SSSR count). The van der Waals surface area contributed by atoms with E-state index in [1.807, 2.05) is 58.0 Å². The number of esters is 1. The minimum absolute atomic E-state index is 0.153. The zero-order valence-electron chi connectivity index (χ0n) is 19.8. The van der Waals surface area contributed by atoms with Gasteiger partial charge in [-0.05, 0) is 75.2 Å². The highest BCUT2D eigenvalue weighted by molar-refractivity contribution is 5.91. The molecule has 0 fully saturated rings. The molecule has 7 heteroatoms. The Balaban J connectivity index is 1.59. The zero-order valence-corrected chi connectivity index (χ0v) is 19.8. The van der Waals surface area contributed by atoms with Gasteiger partial charge in [0.1, 0.15) is 5.75 Å². The van der Waals surface area contributed by atoms with Gasteiger partial charge in [0.2, 0.25) is 0 Å². The molecule has 0 spiro atoms. The Morgan fingerprint density at radius 3 is 2.26 bits per heavy atom. The molecule has 0 bridgehead atoms. The summed E-state index contributed by atoms with van der Waals surface area (Å²) >= 11 is 0. The second kappa shape index (κ2) is 11.7. The second-order valence-corrected chi connectivity index (χ2v) is 7.75. The molecule has 176 valence electrons.